The highest BCUT2D eigenvalue weighted by Gasteiger charge is 2.24. The Morgan fingerprint density at radius 3 is 2.54 bits per heavy atom. The Morgan fingerprint density at radius 1 is 0.964 bits per heavy atom. The van der Waals surface area contributed by atoms with Crippen LogP contribution in [0.4, 0.5) is 0 Å². The molecule has 0 atom stereocenters. The first-order valence-electron chi connectivity index (χ1n) is 9.92. The highest BCUT2D eigenvalue weighted by atomic mass is 32.2. The van der Waals surface area contributed by atoms with Crippen molar-refractivity contribution in [2.45, 2.75) is 51.0 Å². The first kappa shape index (κ1) is 18.8. The van der Waals surface area contributed by atoms with Crippen LogP contribution in [0.2, 0.25) is 0 Å². The van der Waals surface area contributed by atoms with Gasteiger partial charge >= 0.3 is 10.0 Å². The molecular weight excluding hydrogens is 370 g/mol. The number of unbranched alkanes of at least 4 members (excludes halogenated alkanes) is 1. The summed E-state index contributed by atoms with van der Waals surface area (Å²) in [4.78, 5) is 0. The van der Waals surface area contributed by atoms with Crippen LogP contribution in [0.5, 0.6) is 0 Å². The highest BCUT2D eigenvalue weighted by molar-refractivity contribution is 7.90. The van der Waals surface area contributed by atoms with Crippen molar-refractivity contribution in [1.82, 2.24) is 3.97 Å². The van der Waals surface area contributed by atoms with E-state index < -0.39 is 10.0 Å². The first-order chi connectivity index (χ1) is 13.6. The van der Waals surface area contributed by atoms with Crippen LogP contribution in [-0.2, 0) is 22.9 Å². The number of fused-ring (bicyclic) bond motifs is 2. The standard InChI is InChI=1S/C23H25NO3S/c1-3-5-9-17-12-13-21-20(19(17)8-4-2)14-15-24(21)28(25,26)23-16-18-10-6-7-11-22(18)27-23/h6-7,10-16H,3-5,8-9H2,1-2H3. The summed E-state index contributed by atoms with van der Waals surface area (Å²) < 4.78 is 33.5. The fourth-order valence-corrected chi connectivity index (χ4v) is 5.14. The lowest BCUT2D eigenvalue weighted by Gasteiger charge is -2.12. The van der Waals surface area contributed by atoms with Gasteiger partial charge in [-0.3, -0.25) is 0 Å². The fourth-order valence-electron chi connectivity index (χ4n) is 3.84. The quantitative estimate of drug-likeness (QED) is 0.390. The molecule has 0 spiro atoms. The van der Waals surface area contributed by atoms with Crippen molar-refractivity contribution in [3.05, 3.63) is 65.9 Å². The molecule has 146 valence electrons. The van der Waals surface area contributed by atoms with E-state index >= 15 is 0 Å². The maximum absolute atomic E-state index is 13.3. The van der Waals surface area contributed by atoms with Gasteiger partial charge in [0, 0.05) is 23.0 Å². The van der Waals surface area contributed by atoms with E-state index in [1.54, 1.807) is 18.3 Å². The number of hydrogen-bond donors (Lipinski definition) is 0. The molecule has 0 radical (unpaired) electrons. The lowest BCUT2D eigenvalue weighted by atomic mass is 9.95. The molecule has 2 heterocycles. The van der Waals surface area contributed by atoms with Gasteiger partial charge in [-0.15, -0.1) is 0 Å². The van der Waals surface area contributed by atoms with Crippen molar-refractivity contribution < 1.29 is 12.8 Å². The second kappa shape index (κ2) is 7.47. The second-order valence-electron chi connectivity index (χ2n) is 7.21. The van der Waals surface area contributed by atoms with Crippen molar-refractivity contribution in [2.24, 2.45) is 0 Å². The van der Waals surface area contributed by atoms with Gasteiger partial charge in [-0.05, 0) is 48.6 Å². The third-order valence-electron chi connectivity index (χ3n) is 5.26. The minimum absolute atomic E-state index is 0.0294. The molecule has 0 bridgehead atoms. The maximum Gasteiger partial charge on any atom is 0.301 e. The predicted octanol–water partition coefficient (Wildman–Crippen LogP) is 5.92. The molecule has 0 saturated carbocycles. The van der Waals surface area contributed by atoms with Crippen molar-refractivity contribution >= 4 is 31.9 Å². The molecule has 0 aliphatic rings. The van der Waals surface area contributed by atoms with Gasteiger partial charge in [0.2, 0.25) is 5.09 Å². The Hall–Kier alpha value is -2.53. The molecule has 2 aromatic heterocycles. The lowest BCUT2D eigenvalue weighted by molar-refractivity contribution is 0.478. The van der Waals surface area contributed by atoms with E-state index in [1.165, 1.54) is 15.1 Å². The number of benzene rings is 2. The van der Waals surface area contributed by atoms with Gasteiger partial charge in [-0.2, -0.15) is 8.42 Å². The van der Waals surface area contributed by atoms with Gasteiger partial charge in [0.05, 0.1) is 5.52 Å². The zero-order chi connectivity index (χ0) is 19.7. The van der Waals surface area contributed by atoms with Crippen LogP contribution in [0, 0.1) is 0 Å². The summed E-state index contributed by atoms with van der Waals surface area (Å²) in [5.74, 6) is 0. The molecule has 0 N–H and O–H groups in total. The van der Waals surface area contributed by atoms with Gasteiger partial charge in [-0.25, -0.2) is 3.97 Å². The van der Waals surface area contributed by atoms with Crippen LogP contribution in [0.3, 0.4) is 0 Å². The van der Waals surface area contributed by atoms with E-state index in [0.29, 0.717) is 11.1 Å². The van der Waals surface area contributed by atoms with Crippen molar-refractivity contribution in [3.63, 3.8) is 0 Å². The normalized spacial score (nSPS) is 12.2. The number of aromatic nitrogens is 1. The number of rotatable bonds is 7. The predicted molar refractivity (Wildman–Crippen MR) is 113 cm³/mol. The number of aryl methyl sites for hydroxylation is 2. The monoisotopic (exact) mass is 395 g/mol. The Balaban J connectivity index is 1.85. The summed E-state index contributed by atoms with van der Waals surface area (Å²) in [6.07, 6.45) is 6.94. The van der Waals surface area contributed by atoms with Crippen molar-refractivity contribution in [2.75, 3.05) is 0 Å². The van der Waals surface area contributed by atoms with Crippen LogP contribution in [0.15, 0.2) is 64.2 Å². The molecule has 0 aliphatic heterocycles. The van der Waals surface area contributed by atoms with E-state index in [0.717, 1.165) is 42.9 Å². The fraction of sp³-hybridized carbons (Fsp3) is 0.304. The Bertz CT molecular complexity index is 1200. The Morgan fingerprint density at radius 2 is 1.79 bits per heavy atom. The molecule has 0 fully saturated rings. The topological polar surface area (TPSA) is 52.2 Å². The summed E-state index contributed by atoms with van der Waals surface area (Å²) >= 11 is 0. The largest absolute Gasteiger partial charge is 0.443 e. The highest BCUT2D eigenvalue weighted by Crippen LogP contribution is 2.30. The molecule has 0 aliphatic carbocycles. The minimum Gasteiger partial charge on any atom is -0.443 e. The van der Waals surface area contributed by atoms with Crippen LogP contribution in [0.1, 0.15) is 44.2 Å². The third kappa shape index (κ3) is 3.14. The van der Waals surface area contributed by atoms with Crippen LogP contribution >= 0.6 is 0 Å². The Kier molecular flexibility index (Phi) is 5.02. The summed E-state index contributed by atoms with van der Waals surface area (Å²) in [7, 11) is -3.80. The van der Waals surface area contributed by atoms with E-state index in [9.17, 15) is 8.42 Å². The zero-order valence-corrected chi connectivity index (χ0v) is 17.1. The molecule has 2 aromatic carbocycles. The molecule has 5 heteroatoms. The molecule has 4 nitrogen and oxygen atoms in total. The van der Waals surface area contributed by atoms with Gasteiger partial charge in [-0.1, -0.05) is 51.0 Å². The molecule has 0 amide bonds. The van der Waals surface area contributed by atoms with Crippen LogP contribution in [-0.4, -0.2) is 12.4 Å². The average molecular weight is 396 g/mol. The number of para-hydroxylation sites is 1. The molecule has 4 aromatic rings. The molecule has 28 heavy (non-hydrogen) atoms. The lowest BCUT2D eigenvalue weighted by Crippen LogP contribution is -2.11. The van der Waals surface area contributed by atoms with Crippen molar-refractivity contribution in [3.8, 4) is 0 Å². The van der Waals surface area contributed by atoms with Crippen molar-refractivity contribution in [1.29, 1.82) is 0 Å². The second-order valence-corrected chi connectivity index (χ2v) is 8.96. The maximum atomic E-state index is 13.3. The van der Waals surface area contributed by atoms with Gasteiger partial charge < -0.3 is 4.42 Å². The number of nitrogens with zero attached hydrogens (tertiary/aromatic N) is 1. The summed E-state index contributed by atoms with van der Waals surface area (Å²) in [6, 6.07) is 14.9. The smallest absolute Gasteiger partial charge is 0.301 e. The Labute approximate surface area is 165 Å². The molecule has 4 rings (SSSR count). The summed E-state index contributed by atoms with van der Waals surface area (Å²) in [5.41, 5.74) is 3.89. The van der Waals surface area contributed by atoms with Gasteiger partial charge in [0.1, 0.15) is 5.58 Å². The van der Waals surface area contributed by atoms with E-state index in [-0.39, 0.29) is 5.09 Å². The molecular formula is C23H25NO3S. The summed E-state index contributed by atoms with van der Waals surface area (Å²) in [5, 5.41) is 1.78. The molecule has 0 saturated heterocycles. The van der Waals surface area contributed by atoms with E-state index in [2.05, 4.69) is 19.9 Å². The third-order valence-corrected chi connectivity index (χ3v) is 6.81. The van der Waals surface area contributed by atoms with Crippen LogP contribution in [0.25, 0.3) is 21.9 Å². The SMILES string of the molecule is CCCCc1ccc2c(ccn2S(=O)(=O)c2cc3ccccc3o2)c1CCC. The molecule has 0 unspecified atom stereocenters. The number of furan rings is 1. The minimum atomic E-state index is -3.80. The van der Waals surface area contributed by atoms with Gasteiger partial charge in [0.25, 0.3) is 0 Å². The number of hydrogen-bond acceptors (Lipinski definition) is 3. The van der Waals surface area contributed by atoms with Gasteiger partial charge in [0.15, 0.2) is 0 Å². The summed E-state index contributed by atoms with van der Waals surface area (Å²) in [6.45, 7) is 4.35. The zero-order valence-electron chi connectivity index (χ0n) is 16.3. The van der Waals surface area contributed by atoms with E-state index in [1.807, 2.05) is 30.3 Å². The first-order valence-corrected chi connectivity index (χ1v) is 11.4. The average Bonchev–Trinajstić information content (AvgIpc) is 3.32. The van der Waals surface area contributed by atoms with E-state index in [4.69, 9.17) is 4.42 Å². The van der Waals surface area contributed by atoms with Crippen LogP contribution < -0.4 is 0 Å².